The third-order valence-corrected chi connectivity index (χ3v) is 6.64. The van der Waals surface area contributed by atoms with Crippen molar-refractivity contribution in [3.05, 3.63) is 66.5 Å². The van der Waals surface area contributed by atoms with E-state index in [4.69, 9.17) is 18.9 Å². The molecule has 0 saturated heterocycles. The van der Waals surface area contributed by atoms with Crippen molar-refractivity contribution in [2.45, 2.75) is 19.3 Å². The van der Waals surface area contributed by atoms with Gasteiger partial charge in [0.05, 0.1) is 19.5 Å². The molecule has 0 saturated carbocycles. The van der Waals surface area contributed by atoms with Crippen molar-refractivity contribution in [1.82, 2.24) is 19.9 Å². The molecule has 0 amide bonds. The summed E-state index contributed by atoms with van der Waals surface area (Å²) in [4.78, 5) is 17.3. The lowest BCUT2D eigenvalue weighted by atomic mass is 10.1. The normalized spacial score (nSPS) is 13.1. The van der Waals surface area contributed by atoms with Gasteiger partial charge in [0.25, 0.3) is 5.88 Å². The molecule has 38 heavy (non-hydrogen) atoms. The molecule has 0 radical (unpaired) electrons. The fourth-order valence-electron chi connectivity index (χ4n) is 3.54. The minimum atomic E-state index is -3.85. The van der Waals surface area contributed by atoms with Crippen molar-refractivity contribution in [2.75, 3.05) is 37.9 Å². The van der Waals surface area contributed by atoms with E-state index in [-0.39, 0.29) is 48.1 Å². The van der Waals surface area contributed by atoms with Gasteiger partial charge in [-0.05, 0) is 37.5 Å². The first kappa shape index (κ1) is 27.0. The monoisotopic (exact) mass is 539 g/mol. The van der Waals surface area contributed by atoms with E-state index >= 15 is 0 Å². The van der Waals surface area contributed by atoms with E-state index in [1.54, 1.807) is 30.3 Å². The number of hydrogen-bond donors (Lipinski definition) is 1. The average molecular weight is 540 g/mol. The summed E-state index contributed by atoms with van der Waals surface area (Å²) in [5, 5.41) is 0. The van der Waals surface area contributed by atoms with Crippen molar-refractivity contribution >= 4 is 15.8 Å². The third-order valence-electron chi connectivity index (χ3n) is 5.39. The maximum absolute atomic E-state index is 13.2. The second kappa shape index (κ2) is 13.0. The molecule has 0 aliphatic heterocycles. The molecule has 0 spiro atoms. The van der Waals surface area contributed by atoms with Crippen LogP contribution in [0.1, 0.15) is 19.3 Å². The van der Waals surface area contributed by atoms with Crippen LogP contribution in [0.5, 0.6) is 23.1 Å². The lowest BCUT2D eigenvalue weighted by molar-refractivity contribution is 0.142. The van der Waals surface area contributed by atoms with E-state index in [1.165, 1.54) is 26.6 Å². The van der Waals surface area contributed by atoms with Crippen LogP contribution in [0.4, 0.5) is 5.82 Å². The molecule has 2 heterocycles. The quantitative estimate of drug-likeness (QED) is 0.315. The second-order valence-electron chi connectivity index (χ2n) is 8.13. The highest BCUT2D eigenvalue weighted by atomic mass is 32.2. The number of methoxy groups -OCH3 is 2. The maximum Gasteiger partial charge on any atom is 0.263 e. The number of rotatable bonds is 13. The van der Waals surface area contributed by atoms with E-state index < -0.39 is 10.0 Å². The van der Waals surface area contributed by atoms with Crippen LogP contribution < -0.4 is 18.9 Å². The largest absolute Gasteiger partial charge is 0.493 e. The Bertz CT molecular complexity index is 1400. The number of nitrogens with one attached hydrogen (secondary N) is 1. The Balaban J connectivity index is 1.75. The average Bonchev–Trinajstić information content (AvgIpc) is 2.94. The molecule has 2 aromatic heterocycles. The highest BCUT2D eigenvalue weighted by Crippen LogP contribution is 2.41. The predicted molar refractivity (Wildman–Crippen MR) is 142 cm³/mol. The Hall–Kier alpha value is -4.03. The number of allylic oxidation sites excluding steroid dienone is 4. The summed E-state index contributed by atoms with van der Waals surface area (Å²) < 4.78 is 51.4. The smallest absolute Gasteiger partial charge is 0.263 e. The molecule has 4 rings (SSSR count). The van der Waals surface area contributed by atoms with Crippen molar-refractivity contribution < 1.29 is 27.4 Å². The first-order valence-electron chi connectivity index (χ1n) is 12.0. The number of para-hydroxylation sites is 2. The van der Waals surface area contributed by atoms with Crippen molar-refractivity contribution in [3.63, 3.8) is 0 Å². The molecule has 0 fully saturated rings. The number of nitrogens with zero attached hydrogens (tertiary/aromatic N) is 4. The van der Waals surface area contributed by atoms with Gasteiger partial charge < -0.3 is 18.9 Å². The Morgan fingerprint density at radius 1 is 0.947 bits per heavy atom. The summed E-state index contributed by atoms with van der Waals surface area (Å²) >= 11 is 0. The number of benzene rings is 1. The minimum Gasteiger partial charge on any atom is -0.493 e. The number of aromatic nitrogens is 4. The minimum absolute atomic E-state index is 0.0129. The molecule has 12 heteroatoms. The molecule has 1 aliphatic rings. The molecule has 0 unspecified atom stereocenters. The number of ether oxygens (including phenoxy) is 4. The van der Waals surface area contributed by atoms with Crippen LogP contribution in [0.2, 0.25) is 0 Å². The molecular formula is C26H29N5O6S. The Labute approximate surface area is 221 Å². The van der Waals surface area contributed by atoms with Crippen LogP contribution in [-0.2, 0) is 14.8 Å². The Morgan fingerprint density at radius 2 is 1.74 bits per heavy atom. The van der Waals surface area contributed by atoms with Gasteiger partial charge in [-0.25, -0.2) is 23.4 Å². The highest BCUT2D eigenvalue weighted by molar-refractivity contribution is 7.92. The summed E-state index contributed by atoms with van der Waals surface area (Å²) in [5.41, 5.74) is 0.969. The molecule has 0 bridgehead atoms. The van der Waals surface area contributed by atoms with Gasteiger partial charge >= 0.3 is 0 Å². The molecule has 200 valence electrons. The van der Waals surface area contributed by atoms with Gasteiger partial charge in [0.1, 0.15) is 6.61 Å². The molecule has 1 aliphatic carbocycles. The predicted octanol–water partition coefficient (Wildman–Crippen LogP) is 4.17. The summed E-state index contributed by atoms with van der Waals surface area (Å²) in [6.07, 6.45) is 11.3. The van der Waals surface area contributed by atoms with Gasteiger partial charge in [0.15, 0.2) is 23.1 Å². The molecule has 1 aromatic carbocycles. The van der Waals surface area contributed by atoms with E-state index in [0.29, 0.717) is 17.9 Å². The van der Waals surface area contributed by atoms with E-state index in [2.05, 4.69) is 24.7 Å². The zero-order valence-corrected chi connectivity index (χ0v) is 22.0. The first-order valence-corrected chi connectivity index (χ1v) is 13.6. The summed E-state index contributed by atoms with van der Waals surface area (Å²) in [6, 6.07) is 8.57. The van der Waals surface area contributed by atoms with Crippen molar-refractivity contribution in [2.24, 2.45) is 0 Å². The highest BCUT2D eigenvalue weighted by Gasteiger charge is 2.25. The number of hydrogen-bond acceptors (Lipinski definition) is 10. The van der Waals surface area contributed by atoms with Crippen molar-refractivity contribution in [1.29, 1.82) is 0 Å². The Kier molecular flexibility index (Phi) is 9.22. The maximum atomic E-state index is 13.2. The molecule has 11 nitrogen and oxygen atoms in total. The number of sulfonamides is 1. The van der Waals surface area contributed by atoms with E-state index in [0.717, 1.165) is 18.4 Å². The van der Waals surface area contributed by atoms with Crippen LogP contribution >= 0.6 is 0 Å². The van der Waals surface area contributed by atoms with E-state index in [1.807, 2.05) is 18.2 Å². The van der Waals surface area contributed by atoms with Crippen LogP contribution in [0.3, 0.4) is 0 Å². The van der Waals surface area contributed by atoms with Gasteiger partial charge in [-0.2, -0.15) is 4.98 Å². The SMILES string of the molecule is COCCOc1nc(-c2ncccn2)nc(NS(=O)(=O)CCC2=CCCC=C2)c1Oc1ccccc1OC. The van der Waals surface area contributed by atoms with E-state index in [9.17, 15) is 8.42 Å². The van der Waals surface area contributed by atoms with Gasteiger partial charge in [-0.3, -0.25) is 4.72 Å². The molecule has 3 aromatic rings. The zero-order valence-electron chi connectivity index (χ0n) is 21.2. The summed E-state index contributed by atoms with van der Waals surface area (Å²) in [5.74, 6) is 0.665. The van der Waals surface area contributed by atoms with Crippen LogP contribution in [0.15, 0.2) is 66.5 Å². The van der Waals surface area contributed by atoms with Crippen LogP contribution in [0.25, 0.3) is 11.6 Å². The summed E-state index contributed by atoms with van der Waals surface area (Å²) in [7, 11) is -0.813. The molecular weight excluding hydrogens is 510 g/mol. The third kappa shape index (κ3) is 7.26. The topological polar surface area (TPSA) is 135 Å². The van der Waals surface area contributed by atoms with Crippen LogP contribution in [-0.4, -0.2) is 61.5 Å². The first-order chi connectivity index (χ1) is 18.5. The van der Waals surface area contributed by atoms with Gasteiger partial charge in [-0.15, -0.1) is 0 Å². The lowest BCUT2D eigenvalue weighted by Crippen LogP contribution is -2.19. The summed E-state index contributed by atoms with van der Waals surface area (Å²) in [6.45, 7) is 0.385. The lowest BCUT2D eigenvalue weighted by Gasteiger charge is -2.18. The molecule has 1 N–H and O–H groups in total. The fraction of sp³-hybridized carbons (Fsp3) is 0.308. The van der Waals surface area contributed by atoms with Gasteiger partial charge in [0, 0.05) is 19.5 Å². The van der Waals surface area contributed by atoms with Gasteiger partial charge in [0.2, 0.25) is 21.6 Å². The molecule has 0 atom stereocenters. The number of anilines is 1. The van der Waals surface area contributed by atoms with Crippen LogP contribution in [0, 0.1) is 0 Å². The Morgan fingerprint density at radius 3 is 2.45 bits per heavy atom. The standard InChI is InChI=1S/C26H29N5O6S/c1-34-16-17-36-26-22(37-21-12-7-6-11-20(21)35-2)23(29-25(30-26)24-27-14-8-15-28-24)31-38(32,33)18-13-19-9-4-3-5-10-19/h4,6-12,14-15H,3,5,13,16-18H2,1-2H3,(H,29,30,31). The zero-order chi connectivity index (χ0) is 26.8. The van der Waals surface area contributed by atoms with Gasteiger partial charge in [-0.1, -0.05) is 35.9 Å². The second-order valence-corrected chi connectivity index (χ2v) is 9.97. The van der Waals surface area contributed by atoms with Crippen molar-refractivity contribution in [3.8, 4) is 34.8 Å². The fourth-order valence-corrected chi connectivity index (χ4v) is 4.58.